The number of hydrogen-bond acceptors (Lipinski definition) is 4. The van der Waals surface area contributed by atoms with Gasteiger partial charge in [-0.3, -0.25) is 4.79 Å². The molecular weight excluding hydrogens is 292 g/mol. The van der Waals surface area contributed by atoms with Crippen LogP contribution in [0.5, 0.6) is 11.5 Å². The standard InChI is InChI=1S/C16H15ClO4/c1-20-16(19)15(11-2-4-12(17)5-3-11)10-21-14-8-6-13(18)7-9-14/h2-9,15,18H,10H2,1H3. The highest BCUT2D eigenvalue weighted by molar-refractivity contribution is 6.30. The maximum Gasteiger partial charge on any atom is 0.316 e. The van der Waals surface area contributed by atoms with E-state index in [1.807, 2.05) is 0 Å². The SMILES string of the molecule is COC(=O)C(COc1ccc(O)cc1)c1ccc(Cl)cc1. The summed E-state index contributed by atoms with van der Waals surface area (Å²) in [5.74, 6) is -0.197. The van der Waals surface area contributed by atoms with Crippen LogP contribution in [0.4, 0.5) is 0 Å². The van der Waals surface area contributed by atoms with Gasteiger partial charge in [-0.15, -0.1) is 0 Å². The third kappa shape index (κ3) is 4.13. The Labute approximate surface area is 127 Å². The van der Waals surface area contributed by atoms with E-state index >= 15 is 0 Å². The summed E-state index contributed by atoms with van der Waals surface area (Å²) in [5.41, 5.74) is 0.769. The summed E-state index contributed by atoms with van der Waals surface area (Å²) in [7, 11) is 1.34. The first kappa shape index (κ1) is 15.2. The molecule has 1 atom stereocenters. The minimum Gasteiger partial charge on any atom is -0.508 e. The summed E-state index contributed by atoms with van der Waals surface area (Å²) in [6.07, 6.45) is 0. The second kappa shape index (κ2) is 6.99. The Bertz CT molecular complexity index is 593. The van der Waals surface area contributed by atoms with E-state index in [9.17, 15) is 9.90 Å². The summed E-state index contributed by atoms with van der Waals surface area (Å²) in [4.78, 5) is 11.9. The van der Waals surface area contributed by atoms with Gasteiger partial charge in [0.15, 0.2) is 0 Å². The van der Waals surface area contributed by atoms with Gasteiger partial charge in [0.25, 0.3) is 0 Å². The zero-order valence-corrected chi connectivity index (χ0v) is 12.2. The van der Waals surface area contributed by atoms with Crippen LogP contribution >= 0.6 is 11.6 Å². The van der Waals surface area contributed by atoms with Crippen LogP contribution in [0.1, 0.15) is 11.5 Å². The number of phenols is 1. The maximum absolute atomic E-state index is 11.9. The van der Waals surface area contributed by atoms with Crippen molar-refractivity contribution in [3.05, 3.63) is 59.1 Å². The smallest absolute Gasteiger partial charge is 0.316 e. The quantitative estimate of drug-likeness (QED) is 0.860. The monoisotopic (exact) mass is 306 g/mol. The van der Waals surface area contributed by atoms with Gasteiger partial charge in [-0.05, 0) is 42.0 Å². The number of aromatic hydroxyl groups is 1. The summed E-state index contributed by atoms with van der Waals surface area (Å²) in [6, 6.07) is 13.3. The Morgan fingerprint density at radius 2 is 1.76 bits per heavy atom. The number of carbonyl (C=O) groups is 1. The first-order valence-electron chi connectivity index (χ1n) is 6.35. The van der Waals surface area contributed by atoms with E-state index in [0.717, 1.165) is 5.56 Å². The van der Waals surface area contributed by atoms with Gasteiger partial charge >= 0.3 is 5.97 Å². The van der Waals surface area contributed by atoms with Crippen molar-refractivity contribution in [3.63, 3.8) is 0 Å². The molecule has 21 heavy (non-hydrogen) atoms. The van der Waals surface area contributed by atoms with E-state index in [0.29, 0.717) is 10.8 Å². The van der Waals surface area contributed by atoms with E-state index in [1.54, 1.807) is 36.4 Å². The van der Waals surface area contributed by atoms with Crippen LogP contribution in [0.15, 0.2) is 48.5 Å². The Hall–Kier alpha value is -2.20. The summed E-state index contributed by atoms with van der Waals surface area (Å²) in [6.45, 7) is 0.138. The molecule has 0 heterocycles. The molecule has 0 bridgehead atoms. The first-order chi connectivity index (χ1) is 10.1. The minimum atomic E-state index is -0.541. The highest BCUT2D eigenvalue weighted by Gasteiger charge is 2.22. The maximum atomic E-state index is 11.9. The Kier molecular flexibility index (Phi) is 5.06. The molecule has 1 unspecified atom stereocenters. The lowest BCUT2D eigenvalue weighted by Crippen LogP contribution is -2.21. The lowest BCUT2D eigenvalue weighted by molar-refractivity contribution is -0.143. The Morgan fingerprint density at radius 3 is 2.33 bits per heavy atom. The highest BCUT2D eigenvalue weighted by atomic mass is 35.5. The molecule has 2 aromatic carbocycles. The van der Waals surface area contributed by atoms with Gasteiger partial charge in [0.1, 0.15) is 24.0 Å². The van der Waals surface area contributed by atoms with Gasteiger partial charge in [0, 0.05) is 5.02 Å². The summed E-state index contributed by atoms with van der Waals surface area (Å²) in [5, 5.41) is 9.82. The van der Waals surface area contributed by atoms with E-state index in [4.69, 9.17) is 21.1 Å². The van der Waals surface area contributed by atoms with E-state index < -0.39 is 5.92 Å². The van der Waals surface area contributed by atoms with E-state index in [1.165, 1.54) is 19.2 Å². The fourth-order valence-electron chi connectivity index (χ4n) is 1.86. The van der Waals surface area contributed by atoms with Crippen LogP contribution in [-0.4, -0.2) is 24.8 Å². The van der Waals surface area contributed by atoms with Crippen LogP contribution in [0.2, 0.25) is 5.02 Å². The number of hydrogen-bond donors (Lipinski definition) is 1. The molecular formula is C16H15ClO4. The van der Waals surface area contributed by atoms with Crippen molar-refractivity contribution in [1.29, 1.82) is 0 Å². The molecule has 0 saturated carbocycles. The largest absolute Gasteiger partial charge is 0.508 e. The molecule has 4 nitrogen and oxygen atoms in total. The van der Waals surface area contributed by atoms with Crippen molar-refractivity contribution >= 4 is 17.6 Å². The molecule has 110 valence electrons. The van der Waals surface area contributed by atoms with Gasteiger partial charge in [0.05, 0.1) is 7.11 Å². The van der Waals surface area contributed by atoms with Gasteiger partial charge in [-0.25, -0.2) is 0 Å². The number of methoxy groups -OCH3 is 1. The fraction of sp³-hybridized carbons (Fsp3) is 0.188. The number of phenolic OH excluding ortho intramolecular Hbond substituents is 1. The lowest BCUT2D eigenvalue weighted by atomic mass is 10.0. The van der Waals surface area contributed by atoms with Crippen molar-refractivity contribution in [2.45, 2.75) is 5.92 Å². The molecule has 2 aromatic rings. The average molecular weight is 307 g/mol. The number of halogens is 1. The molecule has 0 radical (unpaired) electrons. The van der Waals surface area contributed by atoms with E-state index in [2.05, 4.69) is 0 Å². The molecule has 0 spiro atoms. The predicted molar refractivity (Wildman–Crippen MR) is 79.8 cm³/mol. The van der Waals surface area contributed by atoms with Crippen molar-refractivity contribution < 1.29 is 19.4 Å². The van der Waals surface area contributed by atoms with Crippen molar-refractivity contribution in [3.8, 4) is 11.5 Å². The number of esters is 1. The molecule has 0 fully saturated rings. The Morgan fingerprint density at radius 1 is 1.14 bits per heavy atom. The summed E-state index contributed by atoms with van der Waals surface area (Å²) >= 11 is 5.85. The van der Waals surface area contributed by atoms with Crippen LogP contribution in [0.25, 0.3) is 0 Å². The highest BCUT2D eigenvalue weighted by Crippen LogP contribution is 2.22. The normalized spacial score (nSPS) is 11.7. The fourth-order valence-corrected chi connectivity index (χ4v) is 1.99. The lowest BCUT2D eigenvalue weighted by Gasteiger charge is -2.16. The van der Waals surface area contributed by atoms with Crippen LogP contribution in [0, 0.1) is 0 Å². The van der Waals surface area contributed by atoms with Gasteiger partial charge in [0.2, 0.25) is 0 Å². The second-order valence-corrected chi connectivity index (χ2v) is 4.87. The molecule has 2 rings (SSSR count). The van der Waals surface area contributed by atoms with Crippen LogP contribution < -0.4 is 4.74 Å². The molecule has 0 aliphatic carbocycles. The number of carbonyl (C=O) groups excluding carboxylic acids is 1. The predicted octanol–water partition coefficient (Wildman–Crippen LogP) is 3.38. The molecule has 1 N–H and O–H groups in total. The molecule has 5 heteroatoms. The third-order valence-electron chi connectivity index (χ3n) is 3.01. The van der Waals surface area contributed by atoms with Crippen LogP contribution in [0.3, 0.4) is 0 Å². The van der Waals surface area contributed by atoms with Crippen LogP contribution in [-0.2, 0) is 9.53 Å². The number of ether oxygens (including phenoxy) is 2. The summed E-state index contributed by atoms with van der Waals surface area (Å²) < 4.78 is 10.4. The Balaban J connectivity index is 2.11. The average Bonchev–Trinajstić information content (AvgIpc) is 2.50. The second-order valence-electron chi connectivity index (χ2n) is 4.43. The molecule has 0 aliphatic heterocycles. The molecule has 0 aromatic heterocycles. The van der Waals surface area contributed by atoms with Crippen molar-refractivity contribution in [1.82, 2.24) is 0 Å². The minimum absolute atomic E-state index is 0.138. The van der Waals surface area contributed by atoms with Crippen molar-refractivity contribution in [2.75, 3.05) is 13.7 Å². The van der Waals surface area contributed by atoms with Gasteiger partial charge in [-0.2, -0.15) is 0 Å². The number of benzene rings is 2. The zero-order chi connectivity index (χ0) is 15.2. The van der Waals surface area contributed by atoms with Crippen molar-refractivity contribution in [2.24, 2.45) is 0 Å². The molecule has 0 aliphatic rings. The van der Waals surface area contributed by atoms with Gasteiger partial charge in [-0.1, -0.05) is 23.7 Å². The van der Waals surface area contributed by atoms with Gasteiger partial charge < -0.3 is 14.6 Å². The number of rotatable bonds is 5. The zero-order valence-electron chi connectivity index (χ0n) is 11.5. The topological polar surface area (TPSA) is 55.8 Å². The molecule has 0 saturated heterocycles. The first-order valence-corrected chi connectivity index (χ1v) is 6.73. The third-order valence-corrected chi connectivity index (χ3v) is 3.26. The molecule has 0 amide bonds. The van der Waals surface area contributed by atoms with E-state index in [-0.39, 0.29) is 18.3 Å².